The summed E-state index contributed by atoms with van der Waals surface area (Å²) in [5, 5.41) is 3.27. The molecule has 4 heteroatoms. The molecule has 4 rings (SSSR count). The zero-order valence-corrected chi connectivity index (χ0v) is 16.1. The van der Waals surface area contributed by atoms with E-state index in [0.29, 0.717) is 4.90 Å². The first-order valence-electron chi connectivity index (χ1n) is 8.39. The molecule has 0 N–H and O–H groups in total. The molecule has 0 amide bonds. The fraction of sp³-hybridized carbons (Fsp3) is 0.143. The van der Waals surface area contributed by atoms with Gasteiger partial charge in [-0.3, -0.25) is 0 Å². The summed E-state index contributed by atoms with van der Waals surface area (Å²) in [6, 6.07) is 28.0. The largest absolute Gasteiger partial charge is 0.223 e. The van der Waals surface area contributed by atoms with Gasteiger partial charge in [0.25, 0.3) is 0 Å². The maximum Gasteiger partial charge on any atom is 0.181 e. The van der Waals surface area contributed by atoms with Crippen molar-refractivity contribution in [3.05, 3.63) is 84.9 Å². The van der Waals surface area contributed by atoms with Crippen LogP contribution >= 0.6 is 0 Å². The fourth-order valence-electron chi connectivity index (χ4n) is 4.36. The topological polar surface area (TPSA) is 34.1 Å². The molecule has 25 heavy (non-hydrogen) atoms. The van der Waals surface area contributed by atoms with E-state index in [1.54, 1.807) is 6.07 Å². The summed E-state index contributed by atoms with van der Waals surface area (Å²) >= 11 is 0. The average molecular weight is 365 g/mol. The van der Waals surface area contributed by atoms with Crippen molar-refractivity contribution < 1.29 is 8.42 Å². The maximum absolute atomic E-state index is 13.5. The van der Waals surface area contributed by atoms with Crippen LogP contribution in [0.25, 0.3) is 0 Å². The molecule has 0 atom stereocenters. The predicted molar refractivity (Wildman–Crippen MR) is 105 cm³/mol. The summed E-state index contributed by atoms with van der Waals surface area (Å²) in [6.07, 6.45) is 0. The van der Waals surface area contributed by atoms with Crippen molar-refractivity contribution in [2.24, 2.45) is 0 Å². The number of hydrogen-bond donors (Lipinski definition) is 0. The number of benzene rings is 3. The fourth-order valence-corrected chi connectivity index (χ4v) is 14.5. The van der Waals surface area contributed by atoms with Crippen LogP contribution in [0.4, 0.5) is 0 Å². The van der Waals surface area contributed by atoms with Gasteiger partial charge in [-0.15, -0.1) is 0 Å². The smallest absolute Gasteiger partial charge is 0.181 e. The van der Waals surface area contributed by atoms with Gasteiger partial charge >= 0.3 is 0 Å². The van der Waals surface area contributed by atoms with Crippen LogP contribution in [-0.4, -0.2) is 20.9 Å². The van der Waals surface area contributed by atoms with Gasteiger partial charge in [-0.1, -0.05) is 78.9 Å². The second-order valence-corrected chi connectivity index (χ2v) is 14.3. The van der Waals surface area contributed by atoms with Crippen LogP contribution in [0.15, 0.2) is 89.8 Å². The molecular formula is C21H20O2SSi. The molecule has 1 aliphatic rings. The van der Waals surface area contributed by atoms with Crippen LogP contribution < -0.4 is 15.6 Å². The molecule has 0 spiro atoms. The molecule has 126 valence electrons. The van der Waals surface area contributed by atoms with E-state index in [9.17, 15) is 8.42 Å². The Morgan fingerprint density at radius 2 is 1.12 bits per heavy atom. The van der Waals surface area contributed by atoms with E-state index >= 15 is 0 Å². The zero-order valence-electron chi connectivity index (χ0n) is 14.3. The Labute approximate surface area is 150 Å². The monoisotopic (exact) mass is 364 g/mol. The summed E-state index contributed by atoms with van der Waals surface area (Å²) in [4.78, 5) is 0.499. The van der Waals surface area contributed by atoms with Crippen molar-refractivity contribution in [2.45, 2.75) is 23.1 Å². The first-order valence-corrected chi connectivity index (χ1v) is 11.9. The molecule has 0 aliphatic carbocycles. The molecule has 0 fully saturated rings. The first kappa shape index (κ1) is 16.3. The van der Waals surface area contributed by atoms with Gasteiger partial charge in [-0.05, 0) is 35.5 Å². The van der Waals surface area contributed by atoms with Crippen molar-refractivity contribution in [2.75, 3.05) is 0 Å². The summed E-state index contributed by atoms with van der Waals surface area (Å²) in [7, 11) is -6.18. The van der Waals surface area contributed by atoms with E-state index in [1.165, 1.54) is 0 Å². The summed E-state index contributed by atoms with van der Waals surface area (Å²) in [5.74, 6) is 0. The number of rotatable bonds is 2. The van der Waals surface area contributed by atoms with Crippen molar-refractivity contribution in [3.8, 4) is 0 Å². The predicted octanol–water partition coefficient (Wildman–Crippen LogP) is 2.26. The second kappa shape index (κ2) is 5.41. The summed E-state index contributed by atoms with van der Waals surface area (Å²) in [5.41, 5.74) is 0. The van der Waals surface area contributed by atoms with Crippen molar-refractivity contribution >= 4 is 33.5 Å². The molecule has 2 nitrogen and oxygen atoms in total. The highest BCUT2D eigenvalue weighted by Crippen LogP contribution is 2.40. The van der Waals surface area contributed by atoms with E-state index in [-0.39, 0.29) is 0 Å². The quantitative estimate of drug-likeness (QED) is 0.654. The third-order valence-corrected chi connectivity index (χ3v) is 15.2. The molecule has 0 bridgehead atoms. The first-order chi connectivity index (χ1) is 11.9. The van der Waals surface area contributed by atoms with Crippen LogP contribution in [-0.2, 0) is 9.84 Å². The van der Waals surface area contributed by atoms with Gasteiger partial charge in [0.15, 0.2) is 17.9 Å². The molecule has 1 heterocycles. The Kier molecular flexibility index (Phi) is 3.53. The molecule has 3 aromatic rings. The Balaban J connectivity index is 2.23. The number of hydrogen-bond acceptors (Lipinski definition) is 2. The van der Waals surface area contributed by atoms with Crippen LogP contribution in [0.2, 0.25) is 0 Å². The average Bonchev–Trinajstić information content (AvgIpc) is 2.78. The zero-order chi connectivity index (χ0) is 17.7. The van der Waals surface area contributed by atoms with Crippen molar-refractivity contribution in [1.29, 1.82) is 0 Å². The third-order valence-electron chi connectivity index (χ3n) is 5.57. The van der Waals surface area contributed by atoms with Crippen LogP contribution in [0.5, 0.6) is 0 Å². The minimum atomic E-state index is -3.43. The molecule has 3 aromatic carbocycles. The SMILES string of the molecule is CC1(C)[Si](c2ccccc2)(c2ccccc2)c2ccccc2S1(=O)=O. The second-order valence-electron chi connectivity index (χ2n) is 6.99. The van der Waals surface area contributed by atoms with Crippen LogP contribution in [0.1, 0.15) is 13.8 Å². The highest BCUT2D eigenvalue weighted by molar-refractivity contribution is 7.97. The Hall–Kier alpha value is -2.17. The van der Waals surface area contributed by atoms with Gasteiger partial charge in [0.1, 0.15) is 0 Å². The Morgan fingerprint density at radius 3 is 1.64 bits per heavy atom. The summed E-state index contributed by atoms with van der Waals surface area (Å²) < 4.78 is 26.1. The molecule has 1 aliphatic heterocycles. The maximum atomic E-state index is 13.5. The van der Waals surface area contributed by atoms with Gasteiger partial charge < -0.3 is 0 Å². The highest BCUT2D eigenvalue weighted by Gasteiger charge is 2.65. The lowest BCUT2D eigenvalue weighted by Crippen LogP contribution is -2.76. The molecule has 0 aromatic heterocycles. The standard InChI is InChI=1S/C21H20O2SSi/c1-21(2)24(22,23)19-15-9-10-16-20(19)25(21,17-11-5-3-6-12-17)18-13-7-4-8-14-18/h3-16H,1-2H3. The Bertz CT molecular complexity index is 986. The van der Waals surface area contributed by atoms with Crippen molar-refractivity contribution in [3.63, 3.8) is 0 Å². The third kappa shape index (κ3) is 1.92. The van der Waals surface area contributed by atoms with Gasteiger partial charge in [-0.25, -0.2) is 8.42 Å². The van der Waals surface area contributed by atoms with E-state index in [0.717, 1.165) is 15.6 Å². The lowest BCUT2D eigenvalue weighted by atomic mass is 10.3. The molecule has 0 radical (unpaired) electrons. The van der Waals surface area contributed by atoms with E-state index in [2.05, 4.69) is 24.3 Å². The molecular weight excluding hydrogens is 344 g/mol. The molecule has 0 saturated heterocycles. The van der Waals surface area contributed by atoms with Crippen LogP contribution in [0, 0.1) is 0 Å². The van der Waals surface area contributed by atoms with Gasteiger partial charge in [-0.2, -0.15) is 0 Å². The van der Waals surface area contributed by atoms with Crippen LogP contribution in [0.3, 0.4) is 0 Å². The lowest BCUT2D eigenvalue weighted by molar-refractivity contribution is 0.582. The normalized spacial score (nSPS) is 19.3. The minimum absolute atomic E-state index is 0.499. The van der Waals surface area contributed by atoms with E-state index < -0.39 is 22.3 Å². The lowest BCUT2D eigenvalue weighted by Gasteiger charge is -2.39. The highest BCUT2D eigenvalue weighted by atomic mass is 32.2. The van der Waals surface area contributed by atoms with Gasteiger partial charge in [0.05, 0.1) is 9.27 Å². The Morgan fingerprint density at radius 1 is 0.680 bits per heavy atom. The number of sulfone groups is 1. The van der Waals surface area contributed by atoms with Gasteiger partial charge in [0.2, 0.25) is 0 Å². The molecule has 0 unspecified atom stereocenters. The molecule has 0 saturated carbocycles. The van der Waals surface area contributed by atoms with Gasteiger partial charge in [0, 0.05) is 0 Å². The van der Waals surface area contributed by atoms with E-state index in [4.69, 9.17) is 0 Å². The van der Waals surface area contributed by atoms with Crippen molar-refractivity contribution in [1.82, 2.24) is 0 Å². The van der Waals surface area contributed by atoms with E-state index in [1.807, 2.05) is 68.4 Å². The minimum Gasteiger partial charge on any atom is -0.223 e. The summed E-state index contributed by atoms with van der Waals surface area (Å²) in [6.45, 7) is 3.82. The number of fused-ring (bicyclic) bond motifs is 1.